The van der Waals surface area contributed by atoms with E-state index in [1.54, 1.807) is 19.9 Å². The Labute approximate surface area is 163 Å². The molecule has 1 rings (SSSR count). The fraction of sp³-hybridized carbons (Fsp3) is 0.474. The molecular weight excluding hydrogens is 369 g/mol. The largest absolute Gasteiger partial charge is 0.466 e. The maximum absolute atomic E-state index is 13.9. The minimum Gasteiger partial charge on any atom is -0.466 e. The minimum atomic E-state index is -1.15. The van der Waals surface area contributed by atoms with E-state index in [0.29, 0.717) is 0 Å². The number of esters is 1. The van der Waals surface area contributed by atoms with Crippen molar-refractivity contribution in [3.8, 4) is 0 Å². The third-order valence-electron chi connectivity index (χ3n) is 4.01. The van der Waals surface area contributed by atoms with Crippen molar-refractivity contribution < 1.29 is 28.3 Å². The predicted octanol–water partition coefficient (Wildman–Crippen LogP) is 0.432. The van der Waals surface area contributed by atoms with E-state index in [1.807, 2.05) is 0 Å². The van der Waals surface area contributed by atoms with Gasteiger partial charge in [0.25, 0.3) is 0 Å². The number of rotatable bonds is 10. The van der Waals surface area contributed by atoms with Crippen molar-refractivity contribution in [1.82, 2.24) is 10.6 Å². The van der Waals surface area contributed by atoms with Gasteiger partial charge in [-0.25, -0.2) is 4.39 Å². The topological polar surface area (TPSA) is 128 Å². The number of carbonyl (C=O) groups excluding carboxylic acids is 4. The van der Waals surface area contributed by atoms with E-state index in [9.17, 15) is 23.6 Å². The average Bonchev–Trinajstić information content (AvgIpc) is 2.61. The Morgan fingerprint density at radius 1 is 1.14 bits per heavy atom. The summed E-state index contributed by atoms with van der Waals surface area (Å²) in [4.78, 5) is 47.5. The average molecular weight is 395 g/mol. The molecule has 0 aliphatic rings. The molecule has 4 N–H and O–H groups in total. The van der Waals surface area contributed by atoms with Crippen LogP contribution in [-0.2, 0) is 30.3 Å². The molecule has 0 saturated carbocycles. The molecule has 0 aromatic heterocycles. The van der Waals surface area contributed by atoms with Gasteiger partial charge in [0.1, 0.15) is 17.9 Å². The van der Waals surface area contributed by atoms with Crippen LogP contribution in [0.5, 0.6) is 0 Å². The smallest absolute Gasteiger partial charge is 0.308 e. The van der Waals surface area contributed by atoms with E-state index < -0.39 is 47.5 Å². The van der Waals surface area contributed by atoms with Gasteiger partial charge in [0, 0.05) is 13.3 Å². The molecule has 0 bridgehead atoms. The third-order valence-corrected chi connectivity index (χ3v) is 4.01. The molecule has 8 nitrogen and oxygen atoms in total. The highest BCUT2D eigenvalue weighted by Crippen LogP contribution is 2.12. The summed E-state index contributed by atoms with van der Waals surface area (Å²) in [5.41, 5.74) is 5.56. The number of nitrogens with two attached hydrogens (primary N) is 1. The van der Waals surface area contributed by atoms with E-state index >= 15 is 0 Å². The van der Waals surface area contributed by atoms with Crippen LogP contribution in [0.25, 0.3) is 0 Å². The monoisotopic (exact) mass is 395 g/mol. The van der Waals surface area contributed by atoms with Gasteiger partial charge in [-0.15, -0.1) is 0 Å². The first-order valence-electron chi connectivity index (χ1n) is 8.92. The second-order valence-electron chi connectivity index (χ2n) is 6.40. The van der Waals surface area contributed by atoms with Gasteiger partial charge in [-0.3, -0.25) is 19.2 Å². The highest BCUT2D eigenvalue weighted by Gasteiger charge is 2.29. The summed E-state index contributed by atoms with van der Waals surface area (Å²) in [6.07, 6.45) is -0.177. The molecule has 9 heteroatoms. The summed E-state index contributed by atoms with van der Waals surface area (Å²) < 4.78 is 18.8. The normalized spacial score (nSPS) is 13.7. The Balaban J connectivity index is 2.90. The molecule has 3 amide bonds. The second kappa shape index (κ2) is 11.0. The van der Waals surface area contributed by atoms with E-state index in [2.05, 4.69) is 10.6 Å². The summed E-state index contributed by atoms with van der Waals surface area (Å²) in [5.74, 6) is -3.76. The van der Waals surface area contributed by atoms with Crippen LogP contribution in [0.2, 0.25) is 0 Å². The number of hydrogen-bond donors (Lipinski definition) is 3. The van der Waals surface area contributed by atoms with E-state index in [-0.39, 0.29) is 25.0 Å². The number of amides is 3. The number of halogens is 1. The zero-order valence-corrected chi connectivity index (χ0v) is 16.2. The van der Waals surface area contributed by atoms with Crippen molar-refractivity contribution in [3.05, 3.63) is 35.6 Å². The van der Waals surface area contributed by atoms with Gasteiger partial charge in [0.05, 0.1) is 12.5 Å². The zero-order chi connectivity index (χ0) is 21.3. The fourth-order valence-corrected chi connectivity index (χ4v) is 2.59. The van der Waals surface area contributed by atoms with Crippen molar-refractivity contribution in [1.29, 1.82) is 0 Å². The highest BCUT2D eigenvalue weighted by molar-refractivity contribution is 5.91. The van der Waals surface area contributed by atoms with Crippen LogP contribution < -0.4 is 16.4 Å². The first kappa shape index (κ1) is 23.1. The highest BCUT2D eigenvalue weighted by atomic mass is 19.1. The molecule has 0 heterocycles. The zero-order valence-electron chi connectivity index (χ0n) is 16.2. The molecule has 0 unspecified atom stereocenters. The van der Waals surface area contributed by atoms with Crippen LogP contribution in [0.15, 0.2) is 24.3 Å². The van der Waals surface area contributed by atoms with Crippen LogP contribution in [0, 0.1) is 11.7 Å². The number of nitrogens with one attached hydrogen (secondary N) is 2. The maximum Gasteiger partial charge on any atom is 0.308 e. The summed E-state index contributed by atoms with van der Waals surface area (Å²) in [6.45, 7) is 4.60. The van der Waals surface area contributed by atoms with E-state index in [1.165, 1.54) is 25.1 Å². The number of carbonyl (C=O) groups is 4. The molecule has 3 atom stereocenters. The Kier molecular flexibility index (Phi) is 9.07. The maximum atomic E-state index is 13.9. The first-order valence-corrected chi connectivity index (χ1v) is 8.92. The fourth-order valence-electron chi connectivity index (χ4n) is 2.59. The van der Waals surface area contributed by atoms with Crippen molar-refractivity contribution in [2.75, 3.05) is 6.61 Å². The molecule has 0 aliphatic carbocycles. The minimum absolute atomic E-state index is 0.0631. The number of hydrogen-bond acceptors (Lipinski definition) is 5. The second-order valence-corrected chi connectivity index (χ2v) is 6.40. The van der Waals surface area contributed by atoms with Crippen molar-refractivity contribution in [2.24, 2.45) is 11.7 Å². The SMILES string of the molecule is CCOC(=O)[C@@H](C)C[C@H](NC(=O)[C@@H](Cc1ccccc1F)NC(C)=O)C(N)=O. The van der Waals surface area contributed by atoms with Gasteiger partial charge < -0.3 is 21.1 Å². The Hall–Kier alpha value is -2.97. The summed E-state index contributed by atoms with van der Waals surface area (Å²) in [5, 5.41) is 4.87. The van der Waals surface area contributed by atoms with Crippen molar-refractivity contribution >= 4 is 23.7 Å². The van der Waals surface area contributed by atoms with Gasteiger partial charge in [0.2, 0.25) is 17.7 Å². The standard InChI is InChI=1S/C19H26FN3O5/c1-4-28-19(27)11(2)9-15(17(21)25)23-18(26)16(22-12(3)24)10-13-7-5-6-8-14(13)20/h5-8,11,15-16H,4,9-10H2,1-3H3,(H2,21,25)(H,22,24)(H,23,26)/t11-,15-,16+/m0/s1. The molecule has 1 aromatic rings. The lowest BCUT2D eigenvalue weighted by molar-refractivity contribution is -0.148. The number of benzene rings is 1. The predicted molar refractivity (Wildman–Crippen MR) is 99.2 cm³/mol. The van der Waals surface area contributed by atoms with Gasteiger partial charge in [-0.2, -0.15) is 0 Å². The molecule has 28 heavy (non-hydrogen) atoms. The van der Waals surface area contributed by atoms with Crippen LogP contribution in [-0.4, -0.2) is 42.4 Å². The summed E-state index contributed by atoms with van der Waals surface area (Å²) >= 11 is 0. The lowest BCUT2D eigenvalue weighted by atomic mass is 10.00. The Morgan fingerprint density at radius 3 is 2.32 bits per heavy atom. The lowest BCUT2D eigenvalue weighted by Crippen LogP contribution is -2.54. The van der Waals surface area contributed by atoms with E-state index in [0.717, 1.165) is 0 Å². The summed E-state index contributed by atoms with van der Waals surface area (Å²) in [6, 6.07) is 3.58. The van der Waals surface area contributed by atoms with Gasteiger partial charge >= 0.3 is 5.97 Å². The quantitative estimate of drug-likeness (QED) is 0.495. The van der Waals surface area contributed by atoms with Crippen molar-refractivity contribution in [2.45, 2.75) is 45.7 Å². The first-order chi connectivity index (χ1) is 13.1. The molecule has 0 radical (unpaired) electrons. The molecule has 154 valence electrons. The van der Waals surface area contributed by atoms with Gasteiger partial charge in [-0.1, -0.05) is 25.1 Å². The molecule has 1 aromatic carbocycles. The molecule has 0 spiro atoms. The molecule has 0 saturated heterocycles. The van der Waals surface area contributed by atoms with Crippen LogP contribution in [0.3, 0.4) is 0 Å². The number of ether oxygens (including phenoxy) is 1. The van der Waals surface area contributed by atoms with Crippen LogP contribution >= 0.6 is 0 Å². The lowest BCUT2D eigenvalue weighted by Gasteiger charge is -2.23. The molecule has 0 aliphatic heterocycles. The van der Waals surface area contributed by atoms with Crippen molar-refractivity contribution in [3.63, 3.8) is 0 Å². The molecule has 0 fully saturated rings. The summed E-state index contributed by atoms with van der Waals surface area (Å²) in [7, 11) is 0. The van der Waals surface area contributed by atoms with Crippen LogP contribution in [0.1, 0.15) is 32.8 Å². The number of primary amides is 1. The Bertz CT molecular complexity index is 725. The van der Waals surface area contributed by atoms with Crippen LogP contribution in [0.4, 0.5) is 4.39 Å². The molecular formula is C19H26FN3O5. The van der Waals surface area contributed by atoms with Gasteiger partial charge in [0.15, 0.2) is 0 Å². The van der Waals surface area contributed by atoms with Gasteiger partial charge in [-0.05, 0) is 25.0 Å². The van der Waals surface area contributed by atoms with E-state index in [4.69, 9.17) is 10.5 Å². The Morgan fingerprint density at radius 2 is 1.79 bits per heavy atom. The third kappa shape index (κ3) is 7.34.